The number of furan rings is 1. The Hall–Kier alpha value is -2.86. The lowest BCUT2D eigenvalue weighted by Gasteiger charge is -2.23. The van der Waals surface area contributed by atoms with Crippen LogP contribution >= 0.6 is 0 Å². The van der Waals surface area contributed by atoms with Gasteiger partial charge in [0.05, 0.1) is 13.0 Å². The third-order valence-corrected chi connectivity index (χ3v) is 4.62. The van der Waals surface area contributed by atoms with E-state index in [0.717, 1.165) is 16.2 Å². The highest BCUT2D eigenvalue weighted by atomic mass is 16.5. The van der Waals surface area contributed by atoms with Gasteiger partial charge in [-0.05, 0) is 22.9 Å². The number of ether oxygens (including phenoxy) is 1. The molecule has 6 nitrogen and oxygen atoms in total. The summed E-state index contributed by atoms with van der Waals surface area (Å²) < 4.78 is 10.9. The molecule has 1 saturated heterocycles. The Labute approximate surface area is 143 Å². The predicted molar refractivity (Wildman–Crippen MR) is 91.4 cm³/mol. The molecule has 2 heterocycles. The molecule has 6 heteroatoms. The van der Waals surface area contributed by atoms with Crippen LogP contribution in [0.3, 0.4) is 0 Å². The van der Waals surface area contributed by atoms with Crippen molar-refractivity contribution < 1.29 is 23.8 Å². The Morgan fingerprint density at radius 1 is 1.16 bits per heavy atom. The number of hydrogen-bond acceptors (Lipinski definition) is 4. The van der Waals surface area contributed by atoms with Crippen molar-refractivity contribution in [3.8, 4) is 0 Å². The van der Waals surface area contributed by atoms with E-state index < -0.39 is 17.4 Å². The topological polar surface area (TPSA) is 88.8 Å². The smallest absolute Gasteiger partial charge is 0.331 e. The van der Waals surface area contributed by atoms with Crippen LogP contribution in [0.15, 0.2) is 46.9 Å². The molecule has 128 valence electrons. The number of amides is 1. The molecule has 1 unspecified atom stereocenters. The molecule has 0 saturated carbocycles. The van der Waals surface area contributed by atoms with E-state index in [1.807, 2.05) is 42.5 Å². The molecular weight excluding hydrogens is 322 g/mol. The normalized spacial score (nSPS) is 20.2. The third kappa shape index (κ3) is 2.74. The van der Waals surface area contributed by atoms with Gasteiger partial charge in [-0.3, -0.25) is 4.79 Å². The maximum Gasteiger partial charge on any atom is 0.331 e. The predicted octanol–water partition coefficient (Wildman–Crippen LogP) is 2.49. The number of carboxylic acids is 1. The van der Waals surface area contributed by atoms with E-state index in [9.17, 15) is 14.7 Å². The molecule has 1 amide bonds. The molecule has 0 spiro atoms. The second kappa shape index (κ2) is 5.89. The summed E-state index contributed by atoms with van der Waals surface area (Å²) in [5.41, 5.74) is -0.630. The van der Waals surface area contributed by atoms with E-state index in [1.54, 1.807) is 0 Å². The molecule has 2 N–H and O–H groups in total. The minimum atomic E-state index is -1.34. The number of benzene rings is 2. The largest absolute Gasteiger partial charge is 0.479 e. The minimum Gasteiger partial charge on any atom is -0.479 e. The van der Waals surface area contributed by atoms with Gasteiger partial charge in [-0.15, -0.1) is 0 Å². The first-order chi connectivity index (χ1) is 12.1. The summed E-state index contributed by atoms with van der Waals surface area (Å²) in [6, 6.07) is 13.6. The van der Waals surface area contributed by atoms with Gasteiger partial charge in [0.1, 0.15) is 11.3 Å². The Morgan fingerprint density at radius 2 is 2.00 bits per heavy atom. The lowest BCUT2D eigenvalue weighted by atomic mass is 9.98. The molecule has 0 radical (unpaired) electrons. The molecule has 1 aliphatic rings. The first-order valence-corrected chi connectivity index (χ1v) is 8.10. The van der Waals surface area contributed by atoms with Gasteiger partial charge in [-0.2, -0.15) is 0 Å². The summed E-state index contributed by atoms with van der Waals surface area (Å²) in [6.07, 6.45) is 0.247. The number of fused-ring (bicyclic) bond motifs is 3. The molecule has 1 aromatic heterocycles. The van der Waals surface area contributed by atoms with Crippen LogP contribution in [0.4, 0.5) is 0 Å². The van der Waals surface area contributed by atoms with Crippen molar-refractivity contribution in [1.29, 1.82) is 0 Å². The van der Waals surface area contributed by atoms with Gasteiger partial charge >= 0.3 is 5.97 Å². The highest BCUT2D eigenvalue weighted by molar-refractivity contribution is 6.06. The summed E-state index contributed by atoms with van der Waals surface area (Å²) in [4.78, 5) is 23.8. The van der Waals surface area contributed by atoms with E-state index in [0.29, 0.717) is 18.0 Å². The van der Waals surface area contributed by atoms with Crippen molar-refractivity contribution >= 4 is 33.6 Å². The van der Waals surface area contributed by atoms with Crippen molar-refractivity contribution in [2.45, 2.75) is 18.4 Å². The second-order valence-corrected chi connectivity index (χ2v) is 6.33. The first-order valence-electron chi connectivity index (χ1n) is 8.10. The number of carbonyl (C=O) groups is 2. The molecule has 1 atom stereocenters. The van der Waals surface area contributed by atoms with Gasteiger partial charge in [-0.25, -0.2) is 4.79 Å². The molecule has 25 heavy (non-hydrogen) atoms. The van der Waals surface area contributed by atoms with Gasteiger partial charge in [0.2, 0.25) is 5.91 Å². The van der Waals surface area contributed by atoms with Gasteiger partial charge in [0.15, 0.2) is 5.54 Å². The zero-order valence-electron chi connectivity index (χ0n) is 13.5. The number of carboxylic acid groups (broad SMARTS) is 1. The van der Waals surface area contributed by atoms with Crippen LogP contribution in [0, 0.1) is 0 Å². The Morgan fingerprint density at radius 3 is 2.76 bits per heavy atom. The van der Waals surface area contributed by atoms with Gasteiger partial charge in [-0.1, -0.05) is 30.3 Å². The molecule has 4 rings (SSSR count). The van der Waals surface area contributed by atoms with Crippen LogP contribution in [0.2, 0.25) is 0 Å². The van der Waals surface area contributed by atoms with E-state index in [4.69, 9.17) is 9.15 Å². The lowest BCUT2D eigenvalue weighted by Crippen LogP contribution is -2.55. The maximum atomic E-state index is 12.3. The molecule has 1 fully saturated rings. The van der Waals surface area contributed by atoms with Crippen molar-refractivity contribution in [2.24, 2.45) is 0 Å². The van der Waals surface area contributed by atoms with E-state index in [1.165, 1.54) is 0 Å². The molecule has 2 aromatic carbocycles. The lowest BCUT2D eigenvalue weighted by molar-refractivity contribution is -0.147. The van der Waals surface area contributed by atoms with Crippen molar-refractivity contribution in [2.75, 3.05) is 13.2 Å². The second-order valence-electron chi connectivity index (χ2n) is 6.33. The van der Waals surface area contributed by atoms with Crippen LogP contribution in [-0.4, -0.2) is 35.7 Å². The maximum absolute atomic E-state index is 12.3. The Balaban J connectivity index is 1.59. The Kier molecular flexibility index (Phi) is 3.69. The van der Waals surface area contributed by atoms with Crippen molar-refractivity contribution in [1.82, 2.24) is 5.32 Å². The first kappa shape index (κ1) is 15.7. The van der Waals surface area contributed by atoms with E-state index >= 15 is 0 Å². The van der Waals surface area contributed by atoms with Crippen LogP contribution < -0.4 is 5.32 Å². The number of carbonyl (C=O) groups excluding carboxylic acids is 1. The van der Waals surface area contributed by atoms with Crippen molar-refractivity contribution in [3.63, 3.8) is 0 Å². The summed E-state index contributed by atoms with van der Waals surface area (Å²) in [7, 11) is 0. The average molecular weight is 339 g/mol. The number of nitrogens with one attached hydrogen (secondary N) is 1. The van der Waals surface area contributed by atoms with E-state index in [-0.39, 0.29) is 19.4 Å². The summed E-state index contributed by atoms with van der Waals surface area (Å²) in [6.45, 7) is 0.308. The van der Waals surface area contributed by atoms with Crippen LogP contribution in [0.25, 0.3) is 21.7 Å². The highest BCUT2D eigenvalue weighted by Gasteiger charge is 2.43. The third-order valence-electron chi connectivity index (χ3n) is 4.62. The standard InChI is InChI=1S/C19H17NO5/c21-17(20-19(18(22)23)7-8-24-11-19)10-13-9-15-14-4-2-1-3-12(14)5-6-16(15)25-13/h1-6,9H,7-8,10-11H2,(H,20,21)(H,22,23). The number of hydrogen-bond donors (Lipinski definition) is 2. The van der Waals surface area contributed by atoms with Crippen LogP contribution in [0.5, 0.6) is 0 Å². The number of rotatable bonds is 4. The molecular formula is C19H17NO5. The monoisotopic (exact) mass is 339 g/mol. The summed E-state index contributed by atoms with van der Waals surface area (Å²) in [5, 5.41) is 15.1. The van der Waals surface area contributed by atoms with Gasteiger partial charge < -0.3 is 19.6 Å². The van der Waals surface area contributed by atoms with Gasteiger partial charge in [0, 0.05) is 18.4 Å². The summed E-state index contributed by atoms with van der Waals surface area (Å²) in [5.74, 6) is -0.964. The highest BCUT2D eigenvalue weighted by Crippen LogP contribution is 2.28. The number of aliphatic carboxylic acids is 1. The fourth-order valence-electron chi connectivity index (χ4n) is 3.29. The molecule has 0 aliphatic carbocycles. The fourth-order valence-corrected chi connectivity index (χ4v) is 3.29. The summed E-state index contributed by atoms with van der Waals surface area (Å²) >= 11 is 0. The quantitative estimate of drug-likeness (QED) is 0.762. The molecule has 3 aromatic rings. The zero-order valence-corrected chi connectivity index (χ0v) is 13.5. The Bertz CT molecular complexity index is 968. The molecule has 1 aliphatic heterocycles. The zero-order chi connectivity index (χ0) is 17.4. The SMILES string of the molecule is O=C(Cc1cc2c(ccc3ccccc32)o1)NC1(C(=O)O)CCOC1. The van der Waals surface area contributed by atoms with Crippen LogP contribution in [-0.2, 0) is 20.7 Å². The average Bonchev–Trinajstić information content (AvgIpc) is 3.22. The minimum absolute atomic E-state index is 0.0150. The molecule has 0 bridgehead atoms. The van der Waals surface area contributed by atoms with Crippen molar-refractivity contribution in [3.05, 3.63) is 48.2 Å². The fraction of sp³-hybridized carbons (Fsp3) is 0.263. The van der Waals surface area contributed by atoms with Crippen LogP contribution in [0.1, 0.15) is 12.2 Å². The van der Waals surface area contributed by atoms with Gasteiger partial charge in [0.25, 0.3) is 0 Å². The van der Waals surface area contributed by atoms with E-state index in [2.05, 4.69) is 5.32 Å².